The van der Waals surface area contributed by atoms with Crippen LogP contribution in [0.25, 0.3) is 0 Å². The highest BCUT2D eigenvalue weighted by Crippen LogP contribution is 2.16. The summed E-state index contributed by atoms with van der Waals surface area (Å²) in [5, 5.41) is 5.44. The number of methoxy groups -OCH3 is 1. The average molecular weight is 292 g/mol. The van der Waals surface area contributed by atoms with Gasteiger partial charge in [0, 0.05) is 5.38 Å². The Balaban J connectivity index is 1.76. The van der Waals surface area contributed by atoms with Crippen molar-refractivity contribution < 1.29 is 14.3 Å². The molecule has 0 radical (unpaired) electrons. The van der Waals surface area contributed by atoms with Gasteiger partial charge in [0.2, 0.25) is 0 Å². The molecule has 1 aromatic heterocycles. The van der Waals surface area contributed by atoms with Crippen LogP contribution in [0, 0.1) is 6.92 Å². The normalized spacial score (nSPS) is 10.1. The molecular formula is C14H16N2O3S. The van der Waals surface area contributed by atoms with E-state index in [1.54, 1.807) is 5.38 Å². The number of thiazole rings is 1. The van der Waals surface area contributed by atoms with Crippen molar-refractivity contribution in [2.75, 3.05) is 25.6 Å². The van der Waals surface area contributed by atoms with E-state index in [2.05, 4.69) is 15.0 Å². The second-order valence-electron chi connectivity index (χ2n) is 4.12. The summed E-state index contributed by atoms with van der Waals surface area (Å²) < 4.78 is 10.2. The van der Waals surface area contributed by atoms with Crippen LogP contribution in [-0.4, -0.2) is 31.2 Å². The van der Waals surface area contributed by atoms with E-state index in [1.807, 2.05) is 31.2 Å². The van der Waals surface area contributed by atoms with E-state index in [1.165, 1.54) is 18.4 Å². The maximum atomic E-state index is 11.2. The molecule has 20 heavy (non-hydrogen) atoms. The topological polar surface area (TPSA) is 60.5 Å². The first-order valence-electron chi connectivity index (χ1n) is 6.16. The van der Waals surface area contributed by atoms with Crippen LogP contribution in [-0.2, 0) is 4.74 Å². The molecule has 0 amide bonds. The van der Waals surface area contributed by atoms with E-state index in [9.17, 15) is 4.79 Å². The molecule has 0 aliphatic rings. The molecule has 0 bridgehead atoms. The highest BCUT2D eigenvalue weighted by molar-refractivity contribution is 7.13. The molecule has 0 aliphatic carbocycles. The Kier molecular flexibility index (Phi) is 4.95. The molecule has 5 nitrogen and oxygen atoms in total. The molecule has 106 valence electrons. The molecule has 1 heterocycles. The van der Waals surface area contributed by atoms with Crippen LogP contribution >= 0.6 is 11.3 Å². The number of nitrogens with zero attached hydrogens (tertiary/aromatic N) is 1. The van der Waals surface area contributed by atoms with Gasteiger partial charge >= 0.3 is 5.97 Å². The summed E-state index contributed by atoms with van der Waals surface area (Å²) in [6.07, 6.45) is 0. The van der Waals surface area contributed by atoms with Crippen molar-refractivity contribution >= 4 is 22.4 Å². The number of esters is 1. The zero-order valence-electron chi connectivity index (χ0n) is 11.4. The van der Waals surface area contributed by atoms with Crippen molar-refractivity contribution in [2.45, 2.75) is 6.92 Å². The number of aryl methyl sites for hydroxylation is 1. The van der Waals surface area contributed by atoms with E-state index in [-0.39, 0.29) is 0 Å². The molecule has 0 unspecified atom stereocenters. The fourth-order valence-electron chi connectivity index (χ4n) is 1.59. The second kappa shape index (κ2) is 6.91. The summed E-state index contributed by atoms with van der Waals surface area (Å²) in [5.41, 5.74) is 1.48. The summed E-state index contributed by atoms with van der Waals surface area (Å²) in [6, 6.07) is 7.89. The van der Waals surface area contributed by atoms with Crippen molar-refractivity contribution in [1.29, 1.82) is 0 Å². The third-order valence-corrected chi connectivity index (χ3v) is 3.34. The van der Waals surface area contributed by atoms with Gasteiger partial charge in [-0.2, -0.15) is 0 Å². The SMILES string of the molecule is COC(=O)c1csc(NCCOc2cccc(C)c2)n1. The monoisotopic (exact) mass is 292 g/mol. The lowest BCUT2D eigenvalue weighted by atomic mass is 10.2. The fourth-order valence-corrected chi connectivity index (χ4v) is 2.29. The number of hydrogen-bond acceptors (Lipinski definition) is 6. The lowest BCUT2D eigenvalue weighted by Crippen LogP contribution is -2.11. The minimum absolute atomic E-state index is 0.319. The Hall–Kier alpha value is -2.08. The molecule has 1 N–H and O–H groups in total. The van der Waals surface area contributed by atoms with Gasteiger partial charge in [0.05, 0.1) is 13.7 Å². The smallest absolute Gasteiger partial charge is 0.357 e. The first-order valence-corrected chi connectivity index (χ1v) is 7.04. The number of carbonyl (C=O) groups is 1. The standard InChI is InChI=1S/C14H16N2O3S/c1-10-4-3-5-11(8-10)19-7-6-15-14-16-12(9-20-14)13(17)18-2/h3-5,8-9H,6-7H2,1-2H3,(H,15,16). The van der Waals surface area contributed by atoms with Gasteiger partial charge in [0.1, 0.15) is 12.4 Å². The third-order valence-electron chi connectivity index (χ3n) is 2.54. The van der Waals surface area contributed by atoms with Gasteiger partial charge in [0.25, 0.3) is 0 Å². The van der Waals surface area contributed by atoms with Crippen molar-refractivity contribution in [3.8, 4) is 5.75 Å². The maximum Gasteiger partial charge on any atom is 0.357 e. The first kappa shape index (κ1) is 14.3. The predicted molar refractivity (Wildman–Crippen MR) is 78.6 cm³/mol. The summed E-state index contributed by atoms with van der Waals surface area (Å²) in [5.74, 6) is 0.423. The number of hydrogen-bond donors (Lipinski definition) is 1. The Morgan fingerprint density at radius 1 is 1.45 bits per heavy atom. The van der Waals surface area contributed by atoms with Crippen LogP contribution in [0.2, 0.25) is 0 Å². The van der Waals surface area contributed by atoms with Gasteiger partial charge in [-0.25, -0.2) is 9.78 Å². The molecule has 0 aliphatic heterocycles. The van der Waals surface area contributed by atoms with Gasteiger partial charge in [-0.3, -0.25) is 0 Å². The fraction of sp³-hybridized carbons (Fsp3) is 0.286. The summed E-state index contributed by atoms with van der Waals surface area (Å²) in [6.45, 7) is 3.16. The number of ether oxygens (including phenoxy) is 2. The van der Waals surface area contributed by atoms with E-state index < -0.39 is 5.97 Å². The van der Waals surface area contributed by atoms with Crippen molar-refractivity contribution in [3.05, 3.63) is 40.9 Å². The van der Waals surface area contributed by atoms with Gasteiger partial charge in [-0.1, -0.05) is 12.1 Å². The molecular weight excluding hydrogens is 276 g/mol. The van der Waals surface area contributed by atoms with Crippen molar-refractivity contribution in [3.63, 3.8) is 0 Å². The van der Waals surface area contributed by atoms with Gasteiger partial charge < -0.3 is 14.8 Å². The van der Waals surface area contributed by atoms with Crippen LogP contribution in [0.5, 0.6) is 5.75 Å². The molecule has 2 aromatic rings. The van der Waals surface area contributed by atoms with Crippen LogP contribution in [0.15, 0.2) is 29.6 Å². The molecule has 0 saturated heterocycles. The predicted octanol–water partition coefficient (Wildman–Crippen LogP) is 2.73. The minimum Gasteiger partial charge on any atom is -0.492 e. The van der Waals surface area contributed by atoms with E-state index >= 15 is 0 Å². The molecule has 2 rings (SSSR count). The van der Waals surface area contributed by atoms with Crippen LogP contribution in [0.4, 0.5) is 5.13 Å². The average Bonchev–Trinajstić information content (AvgIpc) is 2.92. The minimum atomic E-state index is -0.426. The van der Waals surface area contributed by atoms with Crippen molar-refractivity contribution in [2.24, 2.45) is 0 Å². The Morgan fingerprint density at radius 2 is 2.30 bits per heavy atom. The van der Waals surface area contributed by atoms with Crippen LogP contribution in [0.1, 0.15) is 16.1 Å². The largest absolute Gasteiger partial charge is 0.492 e. The summed E-state index contributed by atoms with van der Waals surface area (Å²) in [7, 11) is 1.34. The lowest BCUT2D eigenvalue weighted by Gasteiger charge is -2.07. The Morgan fingerprint density at radius 3 is 3.05 bits per heavy atom. The second-order valence-corrected chi connectivity index (χ2v) is 4.98. The van der Waals surface area contributed by atoms with Crippen LogP contribution in [0.3, 0.4) is 0 Å². The van der Waals surface area contributed by atoms with E-state index in [0.717, 1.165) is 11.3 Å². The van der Waals surface area contributed by atoms with Crippen LogP contribution < -0.4 is 10.1 Å². The Labute approximate surface area is 121 Å². The maximum absolute atomic E-state index is 11.2. The highest BCUT2D eigenvalue weighted by Gasteiger charge is 2.09. The molecule has 6 heteroatoms. The third kappa shape index (κ3) is 3.96. The zero-order valence-corrected chi connectivity index (χ0v) is 12.2. The number of nitrogens with one attached hydrogen (secondary N) is 1. The number of benzene rings is 1. The van der Waals surface area contributed by atoms with E-state index in [4.69, 9.17) is 4.74 Å². The molecule has 1 aromatic carbocycles. The summed E-state index contributed by atoms with van der Waals surface area (Å²) in [4.78, 5) is 15.4. The molecule has 0 saturated carbocycles. The number of carbonyl (C=O) groups excluding carboxylic acids is 1. The molecule has 0 fully saturated rings. The molecule has 0 atom stereocenters. The number of aromatic nitrogens is 1. The number of rotatable bonds is 6. The molecule has 0 spiro atoms. The van der Waals surface area contributed by atoms with Crippen molar-refractivity contribution in [1.82, 2.24) is 4.98 Å². The highest BCUT2D eigenvalue weighted by atomic mass is 32.1. The quantitative estimate of drug-likeness (QED) is 0.655. The summed E-state index contributed by atoms with van der Waals surface area (Å²) >= 11 is 1.36. The van der Waals surface area contributed by atoms with Gasteiger partial charge in [-0.15, -0.1) is 11.3 Å². The lowest BCUT2D eigenvalue weighted by molar-refractivity contribution is 0.0595. The number of anilines is 1. The Bertz CT molecular complexity index is 583. The van der Waals surface area contributed by atoms with Gasteiger partial charge in [-0.05, 0) is 24.6 Å². The van der Waals surface area contributed by atoms with E-state index in [0.29, 0.717) is 24.0 Å². The zero-order chi connectivity index (χ0) is 14.4. The first-order chi connectivity index (χ1) is 9.69. The van der Waals surface area contributed by atoms with Gasteiger partial charge in [0.15, 0.2) is 10.8 Å².